The molecule has 3 rings (SSSR count). The third-order valence-corrected chi connectivity index (χ3v) is 4.65. The molecular weight excluding hydrogens is 357 g/mol. The number of halogens is 3. The van der Waals surface area contributed by atoms with Crippen LogP contribution in [0.15, 0.2) is 52.9 Å². The van der Waals surface area contributed by atoms with Gasteiger partial charge in [-0.1, -0.05) is 18.2 Å². The van der Waals surface area contributed by atoms with Gasteiger partial charge in [-0.05, 0) is 24.1 Å². The number of anilines is 1. The quantitative estimate of drug-likeness (QED) is 0.602. The Balaban J connectivity index is 1.69. The van der Waals surface area contributed by atoms with Crippen molar-refractivity contribution in [2.75, 3.05) is 4.72 Å². The Hall–Kier alpha value is -2.19. The van der Waals surface area contributed by atoms with Crippen LogP contribution in [0.4, 0.5) is 18.3 Å². The number of nitrogens with one attached hydrogen (secondary N) is 1. The molecule has 8 heteroatoms. The highest BCUT2D eigenvalue weighted by molar-refractivity contribution is 8.00. The lowest BCUT2D eigenvalue weighted by Gasteiger charge is -2.10. The van der Waals surface area contributed by atoms with Crippen LogP contribution in [0.3, 0.4) is 0 Å². The average molecular weight is 368 g/mol. The van der Waals surface area contributed by atoms with Gasteiger partial charge in [0.15, 0.2) is 16.7 Å². The molecule has 0 aliphatic heterocycles. The molecule has 124 valence electrons. The highest BCUT2D eigenvalue weighted by Gasteiger charge is 2.13. The average Bonchev–Trinajstić information content (AvgIpc) is 3.09. The molecule has 0 aliphatic rings. The normalized spacial score (nSPS) is 10.6. The Morgan fingerprint density at radius 1 is 1.08 bits per heavy atom. The maximum atomic E-state index is 14.1. The molecule has 0 radical (unpaired) electrons. The number of benzene rings is 2. The minimum absolute atomic E-state index is 0.0703. The zero-order valence-electron chi connectivity index (χ0n) is 12.1. The molecule has 0 fully saturated rings. The second kappa shape index (κ2) is 7.59. The van der Waals surface area contributed by atoms with Crippen LogP contribution in [0.2, 0.25) is 0 Å². The minimum Gasteiger partial charge on any atom is -0.486 e. The molecule has 0 amide bonds. The molecule has 0 unspecified atom stereocenters. The largest absolute Gasteiger partial charge is 0.486 e. The van der Waals surface area contributed by atoms with E-state index in [4.69, 9.17) is 4.74 Å². The van der Waals surface area contributed by atoms with E-state index in [0.29, 0.717) is 5.13 Å². The van der Waals surface area contributed by atoms with E-state index in [1.165, 1.54) is 23.5 Å². The molecule has 0 spiro atoms. The summed E-state index contributed by atoms with van der Waals surface area (Å²) in [7, 11) is 0. The molecule has 0 aliphatic carbocycles. The van der Waals surface area contributed by atoms with Crippen molar-refractivity contribution in [2.24, 2.45) is 0 Å². The minimum atomic E-state index is -0.726. The summed E-state index contributed by atoms with van der Waals surface area (Å²) < 4.78 is 49.6. The van der Waals surface area contributed by atoms with Crippen LogP contribution in [-0.4, -0.2) is 4.98 Å². The van der Waals surface area contributed by atoms with Crippen molar-refractivity contribution < 1.29 is 17.9 Å². The lowest BCUT2D eigenvalue weighted by molar-refractivity contribution is 0.282. The first kappa shape index (κ1) is 16.7. The predicted molar refractivity (Wildman–Crippen MR) is 88.7 cm³/mol. The van der Waals surface area contributed by atoms with Crippen LogP contribution >= 0.6 is 23.3 Å². The summed E-state index contributed by atoms with van der Waals surface area (Å²) in [6.45, 7) is -0.188. The van der Waals surface area contributed by atoms with E-state index >= 15 is 0 Å². The SMILES string of the molecule is Fc1ccccc1COc1cc(F)c(SNc2nccs2)cc1F. The van der Waals surface area contributed by atoms with Crippen molar-refractivity contribution in [1.29, 1.82) is 0 Å². The van der Waals surface area contributed by atoms with E-state index in [0.717, 1.165) is 24.1 Å². The van der Waals surface area contributed by atoms with Gasteiger partial charge in [0.25, 0.3) is 0 Å². The summed E-state index contributed by atoms with van der Waals surface area (Å²) in [5.41, 5.74) is 0.265. The van der Waals surface area contributed by atoms with Gasteiger partial charge in [0.05, 0.1) is 4.90 Å². The molecule has 0 bridgehead atoms. The first-order valence-electron chi connectivity index (χ1n) is 6.81. The number of thiazole rings is 1. The van der Waals surface area contributed by atoms with Crippen molar-refractivity contribution in [3.8, 4) is 5.75 Å². The van der Waals surface area contributed by atoms with Crippen LogP contribution in [-0.2, 0) is 6.61 Å². The van der Waals surface area contributed by atoms with Crippen molar-refractivity contribution in [1.82, 2.24) is 4.98 Å². The van der Waals surface area contributed by atoms with Crippen molar-refractivity contribution >= 4 is 28.4 Å². The Morgan fingerprint density at radius 3 is 2.67 bits per heavy atom. The third-order valence-electron chi connectivity index (χ3n) is 3.01. The Morgan fingerprint density at radius 2 is 1.92 bits per heavy atom. The standard InChI is InChI=1S/C16H11F3N2OS2/c17-11-4-2-1-3-10(11)9-22-14-7-13(19)15(8-12(14)18)24-21-16-20-5-6-23-16/h1-8H,9H2,(H,20,21). The van der Waals surface area contributed by atoms with E-state index in [2.05, 4.69) is 9.71 Å². The van der Waals surface area contributed by atoms with Gasteiger partial charge < -0.3 is 9.46 Å². The Bertz CT molecular complexity index is 828. The fourth-order valence-electron chi connectivity index (χ4n) is 1.84. The maximum absolute atomic E-state index is 14.1. The van der Waals surface area contributed by atoms with E-state index < -0.39 is 17.5 Å². The van der Waals surface area contributed by atoms with Gasteiger partial charge in [-0.2, -0.15) is 0 Å². The van der Waals surface area contributed by atoms with Gasteiger partial charge >= 0.3 is 0 Å². The number of aromatic nitrogens is 1. The highest BCUT2D eigenvalue weighted by atomic mass is 32.2. The number of hydrogen-bond acceptors (Lipinski definition) is 5. The molecule has 3 nitrogen and oxygen atoms in total. The summed E-state index contributed by atoms with van der Waals surface area (Å²) in [6, 6.07) is 7.95. The van der Waals surface area contributed by atoms with Crippen molar-refractivity contribution in [3.05, 3.63) is 71.0 Å². The summed E-state index contributed by atoms with van der Waals surface area (Å²) in [6.07, 6.45) is 1.60. The first-order valence-corrected chi connectivity index (χ1v) is 8.50. The van der Waals surface area contributed by atoms with Gasteiger partial charge in [0.1, 0.15) is 18.2 Å². The summed E-state index contributed by atoms with van der Waals surface area (Å²) in [4.78, 5) is 4.05. The van der Waals surface area contributed by atoms with Gasteiger partial charge in [0, 0.05) is 23.2 Å². The first-order chi connectivity index (χ1) is 11.6. The molecule has 24 heavy (non-hydrogen) atoms. The smallest absolute Gasteiger partial charge is 0.192 e. The number of ether oxygens (including phenoxy) is 1. The van der Waals surface area contributed by atoms with Crippen LogP contribution < -0.4 is 9.46 Å². The molecule has 0 saturated heterocycles. The summed E-state index contributed by atoms with van der Waals surface area (Å²) >= 11 is 2.25. The third kappa shape index (κ3) is 4.01. The molecular formula is C16H11F3N2OS2. The zero-order valence-corrected chi connectivity index (χ0v) is 13.8. The molecule has 1 aromatic heterocycles. The van der Waals surface area contributed by atoms with E-state index in [1.54, 1.807) is 23.7 Å². The van der Waals surface area contributed by atoms with E-state index in [9.17, 15) is 13.2 Å². The lowest BCUT2D eigenvalue weighted by Crippen LogP contribution is -2.01. The van der Waals surface area contributed by atoms with Crippen LogP contribution in [0, 0.1) is 17.5 Å². The molecule has 0 saturated carbocycles. The highest BCUT2D eigenvalue weighted by Crippen LogP contribution is 2.30. The van der Waals surface area contributed by atoms with Crippen molar-refractivity contribution in [3.63, 3.8) is 0 Å². The van der Waals surface area contributed by atoms with Gasteiger partial charge in [0.2, 0.25) is 0 Å². The summed E-state index contributed by atoms with van der Waals surface area (Å²) in [5, 5.41) is 2.35. The van der Waals surface area contributed by atoms with Gasteiger partial charge in [-0.25, -0.2) is 18.2 Å². The zero-order chi connectivity index (χ0) is 16.9. The fraction of sp³-hybridized carbons (Fsp3) is 0.0625. The van der Waals surface area contributed by atoms with Crippen LogP contribution in [0.25, 0.3) is 0 Å². The Kier molecular flexibility index (Phi) is 5.27. The lowest BCUT2D eigenvalue weighted by atomic mass is 10.2. The molecule has 3 aromatic rings. The van der Waals surface area contributed by atoms with Crippen molar-refractivity contribution in [2.45, 2.75) is 11.5 Å². The molecule has 0 atom stereocenters. The second-order valence-electron chi connectivity index (χ2n) is 4.63. The van der Waals surface area contributed by atoms with Crippen LogP contribution in [0.1, 0.15) is 5.56 Å². The second-order valence-corrected chi connectivity index (χ2v) is 6.38. The number of rotatable bonds is 6. The molecule has 2 aromatic carbocycles. The van der Waals surface area contributed by atoms with Gasteiger partial charge in [-0.3, -0.25) is 0 Å². The number of nitrogens with zero attached hydrogens (tertiary/aromatic N) is 1. The molecule has 1 heterocycles. The van der Waals surface area contributed by atoms with E-state index in [-0.39, 0.29) is 22.8 Å². The van der Waals surface area contributed by atoms with Crippen LogP contribution in [0.5, 0.6) is 5.75 Å². The Labute approximate surface area is 144 Å². The maximum Gasteiger partial charge on any atom is 0.192 e. The predicted octanol–water partition coefficient (Wildman–Crippen LogP) is 5.26. The van der Waals surface area contributed by atoms with E-state index in [1.807, 2.05) is 0 Å². The topological polar surface area (TPSA) is 34.1 Å². The summed E-state index contributed by atoms with van der Waals surface area (Å²) in [5.74, 6) is -2.10. The molecule has 1 N–H and O–H groups in total. The number of hydrogen-bond donors (Lipinski definition) is 1. The van der Waals surface area contributed by atoms with Gasteiger partial charge in [-0.15, -0.1) is 11.3 Å². The fourth-order valence-corrected chi connectivity index (χ4v) is 3.10. The monoisotopic (exact) mass is 368 g/mol.